The highest BCUT2D eigenvalue weighted by Crippen LogP contribution is 2.33. The van der Waals surface area contributed by atoms with Crippen LogP contribution in [-0.2, 0) is 9.53 Å². The Morgan fingerprint density at radius 1 is 1.38 bits per heavy atom. The summed E-state index contributed by atoms with van der Waals surface area (Å²) in [6.45, 7) is 3.88. The van der Waals surface area contributed by atoms with Gasteiger partial charge >= 0.3 is 18.2 Å². The van der Waals surface area contributed by atoms with Crippen LogP contribution in [0.1, 0.15) is 6.92 Å². The zero-order chi connectivity index (χ0) is 10.9. The maximum atomic E-state index is 12.1. The largest absolute Gasteiger partial charge is 0.496 e. The van der Waals surface area contributed by atoms with Crippen molar-refractivity contribution in [1.82, 2.24) is 0 Å². The highest BCUT2D eigenvalue weighted by molar-refractivity contribution is 5.87. The van der Waals surface area contributed by atoms with E-state index in [1.807, 2.05) is 0 Å². The Morgan fingerprint density at radius 3 is 2.00 bits per heavy atom. The molecule has 0 radical (unpaired) electrons. The summed E-state index contributed by atoms with van der Waals surface area (Å²) < 4.78 is 50.4. The van der Waals surface area contributed by atoms with E-state index in [9.17, 15) is 22.4 Å². The van der Waals surface area contributed by atoms with Gasteiger partial charge in [-0.25, -0.2) is 4.79 Å². The molecule has 0 aromatic rings. The molecule has 0 fully saturated rings. The van der Waals surface area contributed by atoms with Crippen LogP contribution in [0.2, 0.25) is 0 Å². The van der Waals surface area contributed by atoms with Crippen molar-refractivity contribution < 1.29 is 32.2 Å². The summed E-state index contributed by atoms with van der Waals surface area (Å²) in [5, 5.41) is 7.59. The molecule has 0 aromatic carbocycles. The zero-order valence-electron chi connectivity index (χ0n) is 6.48. The van der Waals surface area contributed by atoms with Gasteiger partial charge in [-0.1, -0.05) is 6.58 Å². The molecule has 0 atom stereocenters. The van der Waals surface area contributed by atoms with E-state index in [0.717, 1.165) is 6.92 Å². The van der Waals surface area contributed by atoms with E-state index in [2.05, 4.69) is 11.3 Å². The van der Waals surface area contributed by atoms with E-state index >= 15 is 0 Å². The number of aliphatic hydroxyl groups is 1. The first-order valence-electron chi connectivity index (χ1n) is 2.95. The molecule has 7 heteroatoms. The van der Waals surface area contributed by atoms with Gasteiger partial charge in [0, 0.05) is 5.57 Å². The first-order valence-corrected chi connectivity index (χ1v) is 2.95. The summed E-state index contributed by atoms with van der Waals surface area (Å²) in [4.78, 5) is 10.4. The number of esters is 1. The molecule has 0 bridgehead atoms. The van der Waals surface area contributed by atoms with E-state index < -0.39 is 23.8 Å². The highest BCUT2D eigenvalue weighted by Gasteiger charge is 2.60. The lowest BCUT2D eigenvalue weighted by Gasteiger charge is -2.20. The molecule has 0 heterocycles. The molecule has 0 saturated carbocycles. The Bertz CT molecular complexity index is 231. The lowest BCUT2D eigenvalue weighted by atomic mass is 10.4. The van der Waals surface area contributed by atoms with Gasteiger partial charge in [0.15, 0.2) is 0 Å². The van der Waals surface area contributed by atoms with Gasteiger partial charge in [0.2, 0.25) is 0 Å². The molecule has 0 rings (SSSR count). The van der Waals surface area contributed by atoms with E-state index in [1.54, 1.807) is 0 Å². The average molecular weight is 202 g/mol. The van der Waals surface area contributed by atoms with Crippen LogP contribution in [0, 0.1) is 0 Å². The second-order valence-corrected chi connectivity index (χ2v) is 2.23. The first kappa shape index (κ1) is 11.9. The Hall–Kier alpha value is -1.11. The highest BCUT2D eigenvalue weighted by atomic mass is 19.3. The lowest BCUT2D eigenvalue weighted by molar-refractivity contribution is -0.403. The predicted molar refractivity (Wildman–Crippen MR) is 33.0 cm³/mol. The molecule has 0 unspecified atom stereocenters. The van der Waals surface area contributed by atoms with Crippen LogP contribution in [0.25, 0.3) is 0 Å². The third kappa shape index (κ3) is 3.02. The number of carbonyl (C=O) groups excluding carboxylic acids is 1. The fourth-order valence-corrected chi connectivity index (χ4v) is 0.265. The van der Waals surface area contributed by atoms with Gasteiger partial charge in [0.25, 0.3) is 0 Å². The van der Waals surface area contributed by atoms with E-state index in [1.165, 1.54) is 0 Å². The Balaban J connectivity index is 4.53. The number of hydrogen-bond donors (Lipinski definition) is 1. The molecular formula is C6H6F4O3. The van der Waals surface area contributed by atoms with Crippen molar-refractivity contribution in [3.8, 4) is 0 Å². The predicted octanol–water partition coefficient (Wildman–Crippen LogP) is 1.28. The van der Waals surface area contributed by atoms with Crippen molar-refractivity contribution in [2.45, 2.75) is 19.1 Å². The van der Waals surface area contributed by atoms with Crippen LogP contribution in [0.5, 0.6) is 0 Å². The smallest absolute Gasteiger partial charge is 0.391 e. The molecule has 1 N–H and O–H groups in total. The number of carbonyl (C=O) groups is 1. The van der Waals surface area contributed by atoms with Crippen LogP contribution in [0.15, 0.2) is 12.2 Å². The number of ether oxygens (including phenoxy) is 1. The molecule has 13 heavy (non-hydrogen) atoms. The Kier molecular flexibility index (Phi) is 3.04. The SMILES string of the molecule is C=C(C)C(=O)OC(F)(F)C(O)(F)F. The minimum Gasteiger partial charge on any atom is -0.391 e. The van der Waals surface area contributed by atoms with Crippen molar-refractivity contribution in [2.24, 2.45) is 0 Å². The molecule has 76 valence electrons. The summed E-state index contributed by atoms with van der Waals surface area (Å²) in [7, 11) is 0. The van der Waals surface area contributed by atoms with Gasteiger partial charge in [-0.2, -0.15) is 17.6 Å². The molecular weight excluding hydrogens is 196 g/mol. The minimum absolute atomic E-state index is 0.482. The number of alkyl halides is 4. The third-order valence-corrected chi connectivity index (χ3v) is 0.920. The molecule has 0 aromatic heterocycles. The summed E-state index contributed by atoms with van der Waals surface area (Å²) >= 11 is 0. The lowest BCUT2D eigenvalue weighted by Crippen LogP contribution is -2.44. The summed E-state index contributed by atoms with van der Waals surface area (Å²) in [6, 6.07) is 0. The van der Waals surface area contributed by atoms with Crippen molar-refractivity contribution >= 4 is 5.97 Å². The normalized spacial score (nSPS) is 12.5. The van der Waals surface area contributed by atoms with Crippen molar-refractivity contribution in [1.29, 1.82) is 0 Å². The quantitative estimate of drug-likeness (QED) is 0.426. The van der Waals surface area contributed by atoms with Gasteiger partial charge in [-0.3, -0.25) is 0 Å². The molecule has 0 aliphatic rings. The fourth-order valence-electron chi connectivity index (χ4n) is 0.265. The van der Waals surface area contributed by atoms with Crippen molar-refractivity contribution in [2.75, 3.05) is 0 Å². The molecule has 0 amide bonds. The second-order valence-electron chi connectivity index (χ2n) is 2.23. The summed E-state index contributed by atoms with van der Waals surface area (Å²) in [5.74, 6) is -1.71. The van der Waals surface area contributed by atoms with Crippen LogP contribution >= 0.6 is 0 Å². The van der Waals surface area contributed by atoms with Crippen LogP contribution in [0.4, 0.5) is 17.6 Å². The molecule has 0 aliphatic heterocycles. The van der Waals surface area contributed by atoms with Crippen molar-refractivity contribution in [3.05, 3.63) is 12.2 Å². The summed E-state index contributed by atoms with van der Waals surface area (Å²) in [6.07, 6.45) is -10.7. The standard InChI is InChI=1S/C6H6F4O3/c1-3(2)4(11)13-6(9,10)5(7,8)12/h12H,1H2,2H3. The van der Waals surface area contributed by atoms with Crippen LogP contribution < -0.4 is 0 Å². The molecule has 3 nitrogen and oxygen atoms in total. The van der Waals surface area contributed by atoms with Crippen LogP contribution in [0.3, 0.4) is 0 Å². The maximum absolute atomic E-state index is 12.1. The monoisotopic (exact) mass is 202 g/mol. The molecule has 0 spiro atoms. The maximum Gasteiger partial charge on any atom is 0.496 e. The average Bonchev–Trinajstić information content (AvgIpc) is 1.83. The Labute approximate surface area is 70.6 Å². The van der Waals surface area contributed by atoms with Crippen LogP contribution in [-0.4, -0.2) is 23.3 Å². The summed E-state index contributed by atoms with van der Waals surface area (Å²) in [5.41, 5.74) is -0.482. The minimum atomic E-state index is -5.40. The number of halogens is 4. The van der Waals surface area contributed by atoms with E-state index in [4.69, 9.17) is 5.11 Å². The Morgan fingerprint density at radius 2 is 1.77 bits per heavy atom. The van der Waals surface area contributed by atoms with Gasteiger partial charge in [0.1, 0.15) is 0 Å². The topological polar surface area (TPSA) is 46.5 Å². The van der Waals surface area contributed by atoms with Gasteiger partial charge in [-0.15, -0.1) is 0 Å². The number of hydrogen-bond acceptors (Lipinski definition) is 3. The zero-order valence-corrected chi connectivity index (χ0v) is 6.48. The van der Waals surface area contributed by atoms with Crippen molar-refractivity contribution in [3.63, 3.8) is 0 Å². The first-order chi connectivity index (χ1) is 5.58. The van der Waals surface area contributed by atoms with E-state index in [-0.39, 0.29) is 0 Å². The molecule has 0 aliphatic carbocycles. The van der Waals surface area contributed by atoms with Gasteiger partial charge < -0.3 is 9.84 Å². The second kappa shape index (κ2) is 3.33. The van der Waals surface area contributed by atoms with Gasteiger partial charge in [-0.05, 0) is 6.92 Å². The fraction of sp³-hybridized carbons (Fsp3) is 0.500. The van der Waals surface area contributed by atoms with Gasteiger partial charge in [0.05, 0.1) is 0 Å². The number of rotatable bonds is 3. The molecule has 0 saturated heterocycles. The third-order valence-electron chi connectivity index (χ3n) is 0.920. The van der Waals surface area contributed by atoms with E-state index in [0.29, 0.717) is 0 Å².